The van der Waals surface area contributed by atoms with Crippen molar-refractivity contribution >= 4 is 16.0 Å². The molecule has 3 N–H and O–H groups in total. The van der Waals surface area contributed by atoms with Crippen LogP contribution in [-0.4, -0.2) is 56.2 Å². The van der Waals surface area contributed by atoms with Crippen LogP contribution in [-0.2, 0) is 19.6 Å². The SMILES string of the molecule is CCOCCS(=O)(=O)N[C@H](CCO)C(=O)O. The number of aliphatic hydroxyl groups is 1. The van der Waals surface area contributed by atoms with Gasteiger partial charge in [-0.2, -0.15) is 0 Å². The Morgan fingerprint density at radius 2 is 2.12 bits per heavy atom. The molecule has 8 heteroatoms. The van der Waals surface area contributed by atoms with Gasteiger partial charge in [-0.1, -0.05) is 0 Å². The molecule has 0 aliphatic rings. The van der Waals surface area contributed by atoms with Crippen LogP contribution in [0.4, 0.5) is 0 Å². The van der Waals surface area contributed by atoms with Crippen molar-refractivity contribution in [3.63, 3.8) is 0 Å². The van der Waals surface area contributed by atoms with Crippen LogP contribution in [0.3, 0.4) is 0 Å². The number of ether oxygens (including phenoxy) is 1. The Balaban J connectivity index is 4.25. The fraction of sp³-hybridized carbons (Fsp3) is 0.875. The first-order valence-corrected chi connectivity index (χ1v) is 6.49. The Morgan fingerprint density at radius 1 is 1.50 bits per heavy atom. The van der Waals surface area contributed by atoms with E-state index in [9.17, 15) is 13.2 Å². The Labute approximate surface area is 94.5 Å². The first-order valence-electron chi connectivity index (χ1n) is 4.84. The van der Waals surface area contributed by atoms with Gasteiger partial charge < -0.3 is 14.9 Å². The van der Waals surface area contributed by atoms with Crippen molar-refractivity contribution in [2.75, 3.05) is 25.6 Å². The van der Waals surface area contributed by atoms with Crippen LogP contribution >= 0.6 is 0 Å². The topological polar surface area (TPSA) is 113 Å². The summed E-state index contributed by atoms with van der Waals surface area (Å²) in [6.07, 6.45) is -0.163. The van der Waals surface area contributed by atoms with Crippen molar-refractivity contribution in [3.8, 4) is 0 Å². The van der Waals surface area contributed by atoms with Crippen LogP contribution in [0.2, 0.25) is 0 Å². The molecule has 16 heavy (non-hydrogen) atoms. The molecule has 0 rings (SSSR count). The van der Waals surface area contributed by atoms with Crippen molar-refractivity contribution in [1.29, 1.82) is 0 Å². The van der Waals surface area contributed by atoms with E-state index in [0.717, 1.165) is 0 Å². The van der Waals surface area contributed by atoms with Gasteiger partial charge >= 0.3 is 5.97 Å². The minimum atomic E-state index is -3.69. The first-order chi connectivity index (χ1) is 7.43. The number of hydrogen-bond acceptors (Lipinski definition) is 5. The number of aliphatic carboxylic acids is 1. The molecule has 0 heterocycles. The quantitative estimate of drug-likeness (QED) is 0.445. The van der Waals surface area contributed by atoms with E-state index in [-0.39, 0.29) is 18.8 Å². The van der Waals surface area contributed by atoms with Gasteiger partial charge in [-0.25, -0.2) is 13.1 Å². The van der Waals surface area contributed by atoms with Crippen LogP contribution in [0.5, 0.6) is 0 Å². The molecule has 7 nitrogen and oxygen atoms in total. The van der Waals surface area contributed by atoms with E-state index in [2.05, 4.69) is 0 Å². The number of rotatable bonds is 9. The molecule has 0 spiro atoms. The molecule has 0 aliphatic heterocycles. The largest absolute Gasteiger partial charge is 0.480 e. The summed E-state index contributed by atoms with van der Waals surface area (Å²) in [4.78, 5) is 10.6. The molecule has 0 aromatic carbocycles. The molecule has 0 amide bonds. The predicted molar refractivity (Wildman–Crippen MR) is 56.5 cm³/mol. The van der Waals surface area contributed by atoms with Crippen LogP contribution in [0, 0.1) is 0 Å². The lowest BCUT2D eigenvalue weighted by Gasteiger charge is -2.13. The van der Waals surface area contributed by atoms with E-state index in [1.807, 2.05) is 4.72 Å². The van der Waals surface area contributed by atoms with E-state index in [1.54, 1.807) is 6.92 Å². The Morgan fingerprint density at radius 3 is 2.56 bits per heavy atom. The number of sulfonamides is 1. The second-order valence-electron chi connectivity index (χ2n) is 3.04. The second-order valence-corrected chi connectivity index (χ2v) is 4.91. The van der Waals surface area contributed by atoms with Gasteiger partial charge in [0.05, 0.1) is 12.4 Å². The Hall–Kier alpha value is -0.700. The third-order valence-electron chi connectivity index (χ3n) is 1.74. The van der Waals surface area contributed by atoms with Gasteiger partial charge in [0, 0.05) is 13.2 Å². The van der Waals surface area contributed by atoms with Gasteiger partial charge in [0.25, 0.3) is 0 Å². The molecule has 0 bridgehead atoms. The third kappa shape index (κ3) is 6.72. The lowest BCUT2D eigenvalue weighted by Crippen LogP contribution is -2.42. The number of hydrogen-bond donors (Lipinski definition) is 3. The molecular formula is C8H17NO6S. The monoisotopic (exact) mass is 255 g/mol. The second kappa shape index (κ2) is 7.55. The standard InChI is InChI=1S/C8H17NO6S/c1-2-15-5-6-16(13,14)9-7(3-4-10)8(11)12/h7,9-10H,2-6H2,1H3,(H,11,12)/t7-/m1/s1. The van der Waals surface area contributed by atoms with Crippen molar-refractivity contribution in [1.82, 2.24) is 4.72 Å². The zero-order chi connectivity index (χ0) is 12.6. The maximum atomic E-state index is 11.4. The van der Waals surface area contributed by atoms with Gasteiger partial charge in [0.2, 0.25) is 10.0 Å². The average Bonchev–Trinajstić information content (AvgIpc) is 2.17. The number of nitrogens with one attached hydrogen (secondary N) is 1. The molecule has 0 aliphatic carbocycles. The summed E-state index contributed by atoms with van der Waals surface area (Å²) in [6.45, 7) is 1.74. The minimum Gasteiger partial charge on any atom is -0.480 e. The van der Waals surface area contributed by atoms with Crippen LogP contribution < -0.4 is 4.72 Å². The molecule has 0 fully saturated rings. The zero-order valence-electron chi connectivity index (χ0n) is 9.05. The molecule has 0 saturated heterocycles. The molecule has 1 atom stereocenters. The molecule has 0 aromatic rings. The van der Waals surface area contributed by atoms with Gasteiger partial charge in [-0.3, -0.25) is 4.79 Å². The Kier molecular flexibility index (Phi) is 7.22. The van der Waals surface area contributed by atoms with E-state index < -0.39 is 28.6 Å². The summed E-state index contributed by atoms with van der Waals surface area (Å²) >= 11 is 0. The zero-order valence-corrected chi connectivity index (χ0v) is 9.87. The maximum Gasteiger partial charge on any atom is 0.321 e. The highest BCUT2D eigenvalue weighted by Gasteiger charge is 2.23. The number of carbonyl (C=O) groups is 1. The van der Waals surface area contributed by atoms with Gasteiger partial charge in [-0.05, 0) is 13.3 Å². The summed E-state index contributed by atoms with van der Waals surface area (Å²) in [5.41, 5.74) is 0. The van der Waals surface area contributed by atoms with Gasteiger partial charge in [0.1, 0.15) is 6.04 Å². The highest BCUT2D eigenvalue weighted by Crippen LogP contribution is 1.96. The molecule has 0 saturated carbocycles. The first kappa shape index (κ1) is 15.3. The van der Waals surface area contributed by atoms with Crippen molar-refractivity contribution in [2.45, 2.75) is 19.4 Å². The van der Waals surface area contributed by atoms with E-state index >= 15 is 0 Å². The van der Waals surface area contributed by atoms with Crippen molar-refractivity contribution in [3.05, 3.63) is 0 Å². The molecule has 0 radical (unpaired) electrons. The molecular weight excluding hydrogens is 238 g/mol. The summed E-state index contributed by atoms with van der Waals surface area (Å²) in [5.74, 6) is -1.61. The van der Waals surface area contributed by atoms with E-state index in [0.29, 0.717) is 6.61 Å². The summed E-state index contributed by atoms with van der Waals surface area (Å²) < 4.78 is 29.6. The minimum absolute atomic E-state index is 0.0112. The predicted octanol–water partition coefficient (Wildman–Crippen LogP) is -1.22. The molecule has 0 aromatic heterocycles. The van der Waals surface area contributed by atoms with Gasteiger partial charge in [0.15, 0.2) is 0 Å². The lowest BCUT2D eigenvalue weighted by atomic mass is 10.2. The third-order valence-corrected chi connectivity index (χ3v) is 3.09. The van der Waals surface area contributed by atoms with Crippen molar-refractivity contribution in [2.24, 2.45) is 0 Å². The summed E-state index contributed by atoms with van der Waals surface area (Å²) in [5, 5.41) is 17.2. The van der Waals surface area contributed by atoms with Crippen LogP contribution in [0.25, 0.3) is 0 Å². The fourth-order valence-corrected chi connectivity index (χ4v) is 2.06. The highest BCUT2D eigenvalue weighted by atomic mass is 32.2. The average molecular weight is 255 g/mol. The number of carboxylic acids is 1. The molecule has 0 unspecified atom stereocenters. The normalized spacial score (nSPS) is 13.6. The highest BCUT2D eigenvalue weighted by molar-refractivity contribution is 7.89. The lowest BCUT2D eigenvalue weighted by molar-refractivity contribution is -0.139. The fourth-order valence-electron chi connectivity index (χ4n) is 0.951. The van der Waals surface area contributed by atoms with E-state index in [1.165, 1.54) is 0 Å². The van der Waals surface area contributed by atoms with Crippen LogP contribution in [0.15, 0.2) is 0 Å². The van der Waals surface area contributed by atoms with Crippen molar-refractivity contribution < 1.29 is 28.2 Å². The van der Waals surface area contributed by atoms with Gasteiger partial charge in [-0.15, -0.1) is 0 Å². The maximum absolute atomic E-state index is 11.4. The summed E-state index contributed by atoms with van der Waals surface area (Å²) in [7, 11) is -3.69. The smallest absolute Gasteiger partial charge is 0.321 e. The molecule has 96 valence electrons. The Bertz CT molecular complexity index is 302. The number of aliphatic hydroxyl groups excluding tert-OH is 1. The number of carboxylic acid groups (broad SMARTS) is 1. The van der Waals surface area contributed by atoms with Crippen LogP contribution in [0.1, 0.15) is 13.3 Å². The van der Waals surface area contributed by atoms with E-state index in [4.69, 9.17) is 14.9 Å². The summed E-state index contributed by atoms with van der Waals surface area (Å²) in [6, 6.07) is -1.29.